The first kappa shape index (κ1) is 20.9. The van der Waals surface area contributed by atoms with E-state index >= 15 is 0 Å². The number of rotatable bonds is 3. The highest BCUT2D eigenvalue weighted by Crippen LogP contribution is 2.42. The van der Waals surface area contributed by atoms with Crippen molar-refractivity contribution in [3.8, 4) is 0 Å². The molecular weight excluding hydrogens is 242 g/mol. The van der Waals surface area contributed by atoms with Crippen molar-refractivity contribution in [2.45, 2.75) is 48.5 Å². The maximum atomic E-state index is 4.21. The van der Waals surface area contributed by atoms with Gasteiger partial charge in [0.05, 0.1) is 0 Å². The molecular formula is C19H33N. The van der Waals surface area contributed by atoms with E-state index in [-0.39, 0.29) is 10.8 Å². The van der Waals surface area contributed by atoms with E-state index in [4.69, 9.17) is 0 Å². The van der Waals surface area contributed by atoms with Gasteiger partial charge in [0.25, 0.3) is 0 Å². The number of aliphatic imine (C=N–C) groups is 1. The molecule has 114 valence electrons. The molecule has 0 aromatic carbocycles. The molecule has 0 saturated carbocycles. The van der Waals surface area contributed by atoms with Crippen LogP contribution in [0, 0.1) is 10.8 Å². The smallest absolute Gasteiger partial charge is 0.0326 e. The van der Waals surface area contributed by atoms with Crippen molar-refractivity contribution in [3.05, 3.63) is 48.6 Å². The fraction of sp³-hybridized carbons (Fsp3) is 0.526. The van der Waals surface area contributed by atoms with Gasteiger partial charge < -0.3 is 0 Å². The predicted octanol–water partition coefficient (Wildman–Crippen LogP) is 6.01. The molecule has 1 aliphatic carbocycles. The molecule has 1 unspecified atom stereocenters. The van der Waals surface area contributed by atoms with Gasteiger partial charge in [-0.05, 0) is 13.8 Å². The van der Waals surface area contributed by atoms with Crippen molar-refractivity contribution >= 4 is 6.21 Å². The number of hydrogen-bond acceptors (Lipinski definition) is 1. The van der Waals surface area contributed by atoms with E-state index < -0.39 is 0 Å². The zero-order valence-corrected chi connectivity index (χ0v) is 14.6. The molecule has 0 radical (unpaired) electrons. The van der Waals surface area contributed by atoms with E-state index in [1.165, 1.54) is 0 Å². The van der Waals surface area contributed by atoms with Gasteiger partial charge >= 0.3 is 0 Å². The van der Waals surface area contributed by atoms with Crippen LogP contribution >= 0.6 is 0 Å². The summed E-state index contributed by atoms with van der Waals surface area (Å²) in [6.45, 7) is 14.5. The molecule has 0 fully saturated rings. The van der Waals surface area contributed by atoms with Crippen LogP contribution in [0.2, 0.25) is 0 Å². The van der Waals surface area contributed by atoms with Gasteiger partial charge in [0, 0.05) is 24.1 Å². The molecule has 0 amide bonds. The van der Waals surface area contributed by atoms with E-state index in [2.05, 4.69) is 67.4 Å². The molecule has 0 aromatic heterocycles. The van der Waals surface area contributed by atoms with E-state index in [1.54, 1.807) is 0 Å². The fourth-order valence-electron chi connectivity index (χ4n) is 2.03. The highest BCUT2D eigenvalue weighted by molar-refractivity contribution is 5.71. The molecule has 0 bridgehead atoms. The first-order chi connectivity index (χ1) is 9.58. The van der Waals surface area contributed by atoms with Crippen molar-refractivity contribution < 1.29 is 0 Å². The first-order valence-electron chi connectivity index (χ1n) is 7.69. The van der Waals surface area contributed by atoms with E-state index in [9.17, 15) is 0 Å². The average molecular weight is 275 g/mol. The van der Waals surface area contributed by atoms with Gasteiger partial charge in [-0.25, -0.2) is 0 Å². The van der Waals surface area contributed by atoms with E-state index in [1.807, 2.05) is 47.9 Å². The monoisotopic (exact) mass is 275 g/mol. The SMILES string of the molecule is C/C=C\C(C)(C=NC)C1(C)C=CC=CC=C1.CC.CC. The molecule has 0 N–H and O–H groups in total. The van der Waals surface area contributed by atoms with Gasteiger partial charge in [-0.2, -0.15) is 0 Å². The van der Waals surface area contributed by atoms with Crippen molar-refractivity contribution in [1.82, 2.24) is 0 Å². The summed E-state index contributed by atoms with van der Waals surface area (Å²) >= 11 is 0. The Hall–Kier alpha value is -1.37. The quantitative estimate of drug-likeness (QED) is 0.442. The highest BCUT2D eigenvalue weighted by Gasteiger charge is 2.37. The molecule has 20 heavy (non-hydrogen) atoms. The molecule has 1 rings (SSSR count). The standard InChI is InChI=1S/C15H21N.2C2H6/c1-5-10-15(3,13-16-4)14(2)11-8-6-7-9-12-14;2*1-2/h5-13H,1-4H3;2*1-2H3/b10-5-,16-13?;;. The molecule has 1 heteroatoms. The van der Waals surface area contributed by atoms with Crippen LogP contribution in [-0.2, 0) is 0 Å². The Morgan fingerprint density at radius 1 is 0.950 bits per heavy atom. The van der Waals surface area contributed by atoms with E-state index in [0.717, 1.165) is 0 Å². The molecule has 1 atom stereocenters. The highest BCUT2D eigenvalue weighted by atomic mass is 14.7. The Labute approximate surface area is 126 Å². The minimum atomic E-state index is -0.0878. The second-order valence-electron chi connectivity index (χ2n) is 4.56. The average Bonchev–Trinajstić information content (AvgIpc) is 2.70. The lowest BCUT2D eigenvalue weighted by Gasteiger charge is -2.38. The Kier molecular flexibility index (Phi) is 12.0. The molecule has 0 aliphatic heterocycles. The van der Waals surface area contributed by atoms with Crippen LogP contribution in [-0.4, -0.2) is 13.3 Å². The second-order valence-corrected chi connectivity index (χ2v) is 4.56. The third kappa shape index (κ3) is 5.73. The molecule has 0 spiro atoms. The molecule has 1 aliphatic rings. The zero-order valence-electron chi connectivity index (χ0n) is 14.6. The fourth-order valence-corrected chi connectivity index (χ4v) is 2.03. The Balaban J connectivity index is 0. The summed E-state index contributed by atoms with van der Waals surface area (Å²) in [6.07, 6.45) is 19.1. The van der Waals surface area contributed by atoms with E-state index in [0.29, 0.717) is 0 Å². The summed E-state index contributed by atoms with van der Waals surface area (Å²) in [5.74, 6) is 0. The van der Waals surface area contributed by atoms with Crippen LogP contribution in [0.15, 0.2) is 53.6 Å². The first-order valence-corrected chi connectivity index (χ1v) is 7.69. The molecule has 0 heterocycles. The lowest BCUT2D eigenvalue weighted by atomic mass is 9.65. The van der Waals surface area contributed by atoms with Gasteiger partial charge in [0.1, 0.15) is 0 Å². The van der Waals surface area contributed by atoms with Crippen LogP contribution in [0.25, 0.3) is 0 Å². The van der Waals surface area contributed by atoms with Crippen molar-refractivity contribution in [2.24, 2.45) is 15.8 Å². The van der Waals surface area contributed by atoms with Crippen molar-refractivity contribution in [2.75, 3.05) is 7.05 Å². The lowest BCUT2D eigenvalue weighted by molar-refractivity contribution is 0.351. The van der Waals surface area contributed by atoms with Gasteiger partial charge in [0.15, 0.2) is 0 Å². The summed E-state index contributed by atoms with van der Waals surface area (Å²) in [7, 11) is 1.83. The summed E-state index contributed by atoms with van der Waals surface area (Å²) in [4.78, 5) is 4.21. The maximum Gasteiger partial charge on any atom is 0.0326 e. The number of hydrogen-bond donors (Lipinski definition) is 0. The number of allylic oxidation sites excluding steroid dienone is 8. The summed E-state index contributed by atoms with van der Waals surface area (Å²) in [5, 5.41) is 0. The van der Waals surface area contributed by atoms with Crippen LogP contribution in [0.4, 0.5) is 0 Å². The Bertz CT molecular complexity index is 337. The lowest BCUT2D eigenvalue weighted by Crippen LogP contribution is -2.34. The van der Waals surface area contributed by atoms with Crippen LogP contribution in [0.5, 0.6) is 0 Å². The minimum Gasteiger partial charge on any atom is -0.300 e. The van der Waals surface area contributed by atoms with Gasteiger partial charge in [-0.1, -0.05) is 83.2 Å². The third-order valence-corrected chi connectivity index (χ3v) is 3.29. The van der Waals surface area contributed by atoms with Gasteiger partial charge in [0.2, 0.25) is 0 Å². The van der Waals surface area contributed by atoms with Crippen LogP contribution in [0.3, 0.4) is 0 Å². The second kappa shape index (κ2) is 11.5. The van der Waals surface area contributed by atoms with Crippen LogP contribution in [0.1, 0.15) is 48.5 Å². The minimum absolute atomic E-state index is 0.0392. The normalized spacial score (nSPS) is 18.8. The zero-order chi connectivity index (χ0) is 16.1. The topological polar surface area (TPSA) is 12.4 Å². The molecule has 1 nitrogen and oxygen atoms in total. The van der Waals surface area contributed by atoms with Gasteiger partial charge in [-0.15, -0.1) is 0 Å². The Morgan fingerprint density at radius 2 is 1.40 bits per heavy atom. The molecule has 0 aromatic rings. The summed E-state index contributed by atoms with van der Waals surface area (Å²) < 4.78 is 0. The third-order valence-electron chi connectivity index (χ3n) is 3.29. The maximum absolute atomic E-state index is 4.21. The summed E-state index contributed by atoms with van der Waals surface area (Å²) in [5.41, 5.74) is -0.127. The van der Waals surface area contributed by atoms with Crippen molar-refractivity contribution in [1.29, 1.82) is 0 Å². The predicted molar refractivity (Wildman–Crippen MR) is 95.6 cm³/mol. The largest absolute Gasteiger partial charge is 0.300 e. The van der Waals surface area contributed by atoms with Crippen molar-refractivity contribution in [3.63, 3.8) is 0 Å². The van der Waals surface area contributed by atoms with Gasteiger partial charge in [-0.3, -0.25) is 4.99 Å². The number of nitrogens with zero attached hydrogens (tertiary/aromatic N) is 1. The molecule has 0 saturated heterocycles. The Morgan fingerprint density at radius 3 is 1.75 bits per heavy atom. The summed E-state index contributed by atoms with van der Waals surface area (Å²) in [6, 6.07) is 0. The van der Waals surface area contributed by atoms with Crippen LogP contribution < -0.4 is 0 Å².